The van der Waals surface area contributed by atoms with E-state index >= 15 is 0 Å². The number of allylic oxidation sites excluding steroid dienone is 4. The van der Waals surface area contributed by atoms with E-state index in [0.29, 0.717) is 5.92 Å². The van der Waals surface area contributed by atoms with Crippen LogP contribution in [-0.4, -0.2) is 9.52 Å². The summed E-state index contributed by atoms with van der Waals surface area (Å²) in [5.41, 5.74) is 1.51. The van der Waals surface area contributed by atoms with Gasteiger partial charge in [0.25, 0.3) is 0 Å². The van der Waals surface area contributed by atoms with Crippen molar-refractivity contribution in [3.05, 3.63) is 53.3 Å². The Morgan fingerprint density at radius 3 is 2.36 bits per heavy atom. The lowest BCUT2D eigenvalue weighted by Crippen LogP contribution is -2.15. The fourth-order valence-electron chi connectivity index (χ4n) is 2.01. The molecule has 0 heterocycles. The van der Waals surface area contributed by atoms with Crippen LogP contribution in [0.15, 0.2) is 53.3 Å². The molecule has 0 bridgehead atoms. The normalized spacial score (nSPS) is 21.4. The Morgan fingerprint density at radius 2 is 1.79 bits per heavy atom. The smallest absolute Gasteiger partial charge is 0.0786 e. The highest BCUT2D eigenvalue weighted by atomic mass is 28.2. The minimum absolute atomic E-state index is 0.221. The summed E-state index contributed by atoms with van der Waals surface area (Å²) in [7, 11) is -0.221. The molecule has 0 saturated heterocycles. The molecular weight excluding hydrogens is 184 g/mol. The molecule has 0 radical (unpaired) electrons. The lowest BCUT2D eigenvalue weighted by atomic mass is 10.2. The maximum atomic E-state index is 2.43. The van der Waals surface area contributed by atoms with Crippen LogP contribution in [0, 0.1) is 5.92 Å². The standard InChI is InChI=1S/C13H16Si/c1-10-8-11(2)13(9-10)14-12-6-4-3-5-7-12/h3-10H,14H2,1-2H3. The molecule has 72 valence electrons. The number of hydrogen-bond acceptors (Lipinski definition) is 0. The van der Waals surface area contributed by atoms with Crippen molar-refractivity contribution in [2.24, 2.45) is 5.92 Å². The van der Waals surface area contributed by atoms with E-state index in [2.05, 4.69) is 56.3 Å². The largest absolute Gasteiger partial charge is 0.0874 e. The molecule has 0 spiro atoms. The summed E-state index contributed by atoms with van der Waals surface area (Å²) in [6.07, 6.45) is 4.79. The van der Waals surface area contributed by atoms with Crippen LogP contribution in [0.2, 0.25) is 0 Å². The predicted octanol–water partition coefficient (Wildman–Crippen LogP) is 1.96. The van der Waals surface area contributed by atoms with E-state index in [9.17, 15) is 0 Å². The minimum Gasteiger partial charge on any atom is -0.0786 e. The maximum absolute atomic E-state index is 2.43. The molecule has 0 nitrogen and oxygen atoms in total. The molecule has 0 fully saturated rings. The van der Waals surface area contributed by atoms with Crippen LogP contribution in [0.5, 0.6) is 0 Å². The second-order valence-corrected chi connectivity index (χ2v) is 5.99. The summed E-state index contributed by atoms with van der Waals surface area (Å²) in [5, 5.41) is 3.17. The summed E-state index contributed by atoms with van der Waals surface area (Å²) < 4.78 is 0. The van der Waals surface area contributed by atoms with E-state index in [1.54, 1.807) is 10.4 Å². The third-order valence-electron chi connectivity index (χ3n) is 2.72. The Kier molecular flexibility index (Phi) is 2.68. The second kappa shape index (κ2) is 3.97. The Hall–Kier alpha value is -1.08. The fraction of sp³-hybridized carbons (Fsp3) is 0.231. The Morgan fingerprint density at radius 1 is 1.07 bits per heavy atom. The van der Waals surface area contributed by atoms with E-state index in [0.717, 1.165) is 0 Å². The van der Waals surface area contributed by atoms with E-state index < -0.39 is 0 Å². The van der Waals surface area contributed by atoms with Crippen molar-refractivity contribution in [1.29, 1.82) is 0 Å². The van der Waals surface area contributed by atoms with Crippen molar-refractivity contribution in [2.45, 2.75) is 13.8 Å². The van der Waals surface area contributed by atoms with Gasteiger partial charge in [0.15, 0.2) is 0 Å². The average Bonchev–Trinajstić information content (AvgIpc) is 2.47. The van der Waals surface area contributed by atoms with Crippen LogP contribution in [0.25, 0.3) is 0 Å². The van der Waals surface area contributed by atoms with Gasteiger partial charge < -0.3 is 0 Å². The second-order valence-electron chi connectivity index (χ2n) is 4.06. The monoisotopic (exact) mass is 200 g/mol. The fourth-order valence-corrected chi connectivity index (χ4v) is 3.85. The molecule has 0 N–H and O–H groups in total. The first kappa shape index (κ1) is 9.47. The van der Waals surface area contributed by atoms with E-state index in [4.69, 9.17) is 0 Å². The summed E-state index contributed by atoms with van der Waals surface area (Å²) >= 11 is 0. The highest BCUT2D eigenvalue weighted by molar-refractivity contribution is 6.62. The molecule has 2 rings (SSSR count). The topological polar surface area (TPSA) is 0 Å². The van der Waals surface area contributed by atoms with Crippen molar-refractivity contribution >= 4 is 14.7 Å². The van der Waals surface area contributed by atoms with Gasteiger partial charge >= 0.3 is 0 Å². The molecule has 14 heavy (non-hydrogen) atoms. The molecule has 0 aromatic heterocycles. The molecule has 1 unspecified atom stereocenters. The molecule has 1 aliphatic carbocycles. The van der Waals surface area contributed by atoms with Crippen molar-refractivity contribution in [3.8, 4) is 0 Å². The lowest BCUT2D eigenvalue weighted by Gasteiger charge is -2.02. The highest BCUT2D eigenvalue weighted by Crippen LogP contribution is 2.21. The molecule has 1 aromatic rings. The van der Waals surface area contributed by atoms with Gasteiger partial charge in [-0.1, -0.05) is 65.4 Å². The average molecular weight is 200 g/mol. The quantitative estimate of drug-likeness (QED) is 0.640. The first-order valence-corrected chi connectivity index (χ1v) is 6.60. The molecule has 1 heteroatoms. The van der Waals surface area contributed by atoms with E-state index in [1.165, 1.54) is 5.57 Å². The van der Waals surface area contributed by atoms with Gasteiger partial charge in [-0.15, -0.1) is 0 Å². The van der Waals surface area contributed by atoms with Crippen LogP contribution in [0.1, 0.15) is 13.8 Å². The molecule has 0 saturated carbocycles. The molecule has 0 aliphatic heterocycles. The van der Waals surface area contributed by atoms with Crippen LogP contribution < -0.4 is 5.19 Å². The molecular formula is C13H16Si. The minimum atomic E-state index is -0.221. The summed E-state index contributed by atoms with van der Waals surface area (Å²) in [4.78, 5) is 0. The van der Waals surface area contributed by atoms with Gasteiger partial charge in [-0.25, -0.2) is 0 Å². The maximum Gasteiger partial charge on any atom is 0.0874 e. The van der Waals surface area contributed by atoms with Gasteiger partial charge in [0.1, 0.15) is 0 Å². The third-order valence-corrected chi connectivity index (χ3v) is 4.77. The predicted molar refractivity (Wildman–Crippen MR) is 65.6 cm³/mol. The van der Waals surface area contributed by atoms with Crippen LogP contribution in [0.4, 0.5) is 0 Å². The van der Waals surface area contributed by atoms with Crippen LogP contribution in [0.3, 0.4) is 0 Å². The Labute approximate surface area is 88.2 Å². The summed E-state index contributed by atoms with van der Waals surface area (Å²) in [5.74, 6) is 0.654. The molecule has 1 aliphatic rings. The Bertz CT molecular complexity index is 373. The van der Waals surface area contributed by atoms with Crippen molar-refractivity contribution in [2.75, 3.05) is 0 Å². The highest BCUT2D eigenvalue weighted by Gasteiger charge is 2.10. The number of rotatable bonds is 2. The van der Waals surface area contributed by atoms with Gasteiger partial charge in [-0.3, -0.25) is 0 Å². The first-order chi connectivity index (χ1) is 6.75. The zero-order chi connectivity index (χ0) is 9.97. The van der Waals surface area contributed by atoms with Gasteiger partial charge in [0.2, 0.25) is 0 Å². The van der Waals surface area contributed by atoms with Gasteiger partial charge in [-0.05, 0) is 12.8 Å². The van der Waals surface area contributed by atoms with Crippen LogP contribution in [-0.2, 0) is 0 Å². The molecule has 1 atom stereocenters. The van der Waals surface area contributed by atoms with E-state index in [-0.39, 0.29) is 9.52 Å². The summed E-state index contributed by atoms with van der Waals surface area (Å²) in [6, 6.07) is 10.9. The van der Waals surface area contributed by atoms with Gasteiger partial charge in [0.05, 0.1) is 9.52 Å². The zero-order valence-electron chi connectivity index (χ0n) is 8.83. The first-order valence-electron chi connectivity index (χ1n) is 5.19. The molecule has 0 amide bonds. The van der Waals surface area contributed by atoms with Gasteiger partial charge in [-0.2, -0.15) is 0 Å². The zero-order valence-corrected chi connectivity index (χ0v) is 10.2. The van der Waals surface area contributed by atoms with Crippen LogP contribution >= 0.6 is 0 Å². The lowest BCUT2D eigenvalue weighted by molar-refractivity contribution is 0.954. The Balaban J connectivity index is 2.14. The van der Waals surface area contributed by atoms with Crippen molar-refractivity contribution < 1.29 is 0 Å². The third kappa shape index (κ3) is 2.04. The number of hydrogen-bond donors (Lipinski definition) is 0. The number of benzene rings is 1. The SMILES string of the molecule is CC1=CC(C)C=C1[SiH2]c1ccccc1. The van der Waals surface area contributed by atoms with Crippen molar-refractivity contribution in [3.63, 3.8) is 0 Å². The van der Waals surface area contributed by atoms with Gasteiger partial charge in [0, 0.05) is 0 Å². The van der Waals surface area contributed by atoms with E-state index in [1.807, 2.05) is 0 Å². The molecule has 1 aromatic carbocycles. The van der Waals surface area contributed by atoms with Crippen molar-refractivity contribution in [1.82, 2.24) is 0 Å². The summed E-state index contributed by atoms with van der Waals surface area (Å²) in [6.45, 7) is 4.50.